The molecule has 2 rings (SSSR count). The Kier molecular flexibility index (Phi) is 5.48. The van der Waals surface area contributed by atoms with Gasteiger partial charge in [0.05, 0.1) is 0 Å². The number of nitrogens with one attached hydrogen (secondary N) is 1. The van der Waals surface area contributed by atoms with Crippen molar-refractivity contribution in [2.75, 3.05) is 0 Å². The second kappa shape index (κ2) is 7.35. The van der Waals surface area contributed by atoms with E-state index in [9.17, 15) is 19.1 Å². The molecule has 2 N–H and O–H groups in total. The minimum absolute atomic E-state index is 0.182. The van der Waals surface area contributed by atoms with Crippen molar-refractivity contribution in [3.63, 3.8) is 0 Å². The van der Waals surface area contributed by atoms with Crippen LogP contribution < -0.4 is 5.32 Å². The quantitative estimate of drug-likeness (QED) is 0.742. The summed E-state index contributed by atoms with van der Waals surface area (Å²) in [6.07, 6.45) is 0.182. The van der Waals surface area contributed by atoms with Gasteiger partial charge < -0.3 is 10.4 Å². The molecule has 114 valence electrons. The zero-order valence-electron chi connectivity index (χ0n) is 11.4. The molecule has 0 aliphatic carbocycles. The van der Waals surface area contributed by atoms with Crippen LogP contribution in [0.15, 0.2) is 48.5 Å². The Hall–Kier alpha value is -1.96. The van der Waals surface area contributed by atoms with Crippen LogP contribution in [0.25, 0.3) is 0 Å². The molecule has 0 unspecified atom stereocenters. The average Bonchev–Trinajstić information content (AvgIpc) is 2.49. The minimum atomic E-state index is -1.12. The Morgan fingerprint density at radius 2 is 1.77 bits per heavy atom. The van der Waals surface area contributed by atoms with Gasteiger partial charge in [-0.25, -0.2) is 9.18 Å². The fraction of sp³-hybridized carbons (Fsp3) is 0.125. The highest BCUT2D eigenvalue weighted by Crippen LogP contribution is 2.14. The summed E-state index contributed by atoms with van der Waals surface area (Å²) in [4.78, 5) is 23.4. The number of hydrogen-bond donors (Lipinski definition) is 2. The number of amides is 1. The van der Waals surface area contributed by atoms with Crippen LogP contribution in [-0.4, -0.2) is 23.0 Å². The largest absolute Gasteiger partial charge is 0.480 e. The van der Waals surface area contributed by atoms with Gasteiger partial charge in [-0.15, -0.1) is 0 Å². The first-order valence-corrected chi connectivity index (χ1v) is 7.58. The summed E-state index contributed by atoms with van der Waals surface area (Å²) in [6.45, 7) is 0. The maximum Gasteiger partial charge on any atom is 0.326 e. The molecule has 0 saturated heterocycles. The SMILES string of the molecule is O=C(N[C@H](Cc1ccccc1I)C(=O)O)c1ccc(F)cc1. The number of carbonyl (C=O) groups is 2. The first kappa shape index (κ1) is 16.4. The molecular formula is C16H13FINO3. The lowest BCUT2D eigenvalue weighted by Crippen LogP contribution is -2.42. The summed E-state index contributed by atoms with van der Waals surface area (Å²) in [5, 5.41) is 11.8. The van der Waals surface area contributed by atoms with Gasteiger partial charge in [-0.2, -0.15) is 0 Å². The first-order chi connectivity index (χ1) is 10.5. The van der Waals surface area contributed by atoms with Crippen molar-refractivity contribution in [1.82, 2.24) is 5.32 Å². The lowest BCUT2D eigenvalue weighted by Gasteiger charge is -2.15. The monoisotopic (exact) mass is 413 g/mol. The molecule has 0 aromatic heterocycles. The van der Waals surface area contributed by atoms with Crippen molar-refractivity contribution in [3.8, 4) is 0 Å². The lowest BCUT2D eigenvalue weighted by molar-refractivity contribution is -0.139. The average molecular weight is 413 g/mol. The van der Waals surface area contributed by atoms with E-state index in [0.717, 1.165) is 21.3 Å². The number of halogens is 2. The van der Waals surface area contributed by atoms with Gasteiger partial charge in [-0.1, -0.05) is 18.2 Å². The molecule has 0 saturated carbocycles. The minimum Gasteiger partial charge on any atom is -0.480 e. The molecule has 0 fully saturated rings. The van der Waals surface area contributed by atoms with Gasteiger partial charge in [0, 0.05) is 15.6 Å². The Morgan fingerprint density at radius 3 is 2.36 bits per heavy atom. The van der Waals surface area contributed by atoms with Gasteiger partial charge in [0.2, 0.25) is 0 Å². The van der Waals surface area contributed by atoms with Crippen LogP contribution in [0, 0.1) is 9.39 Å². The summed E-state index contributed by atoms with van der Waals surface area (Å²) in [5.41, 5.74) is 1.06. The van der Waals surface area contributed by atoms with Gasteiger partial charge in [-0.3, -0.25) is 4.79 Å². The summed E-state index contributed by atoms with van der Waals surface area (Å²) in [7, 11) is 0. The van der Waals surface area contributed by atoms with Crippen LogP contribution in [0.1, 0.15) is 15.9 Å². The van der Waals surface area contributed by atoms with Gasteiger partial charge >= 0.3 is 5.97 Å². The fourth-order valence-electron chi connectivity index (χ4n) is 1.93. The lowest BCUT2D eigenvalue weighted by atomic mass is 10.1. The van der Waals surface area contributed by atoms with Crippen molar-refractivity contribution in [2.45, 2.75) is 12.5 Å². The second-order valence-electron chi connectivity index (χ2n) is 4.67. The fourth-order valence-corrected chi connectivity index (χ4v) is 2.53. The number of carbonyl (C=O) groups excluding carboxylic acids is 1. The third-order valence-electron chi connectivity index (χ3n) is 3.09. The first-order valence-electron chi connectivity index (χ1n) is 6.50. The molecule has 6 heteroatoms. The van der Waals surface area contributed by atoms with Gasteiger partial charge in [-0.05, 0) is 58.5 Å². The molecule has 1 amide bonds. The van der Waals surface area contributed by atoms with E-state index >= 15 is 0 Å². The summed E-state index contributed by atoms with van der Waals surface area (Å²) < 4.78 is 13.8. The van der Waals surface area contributed by atoms with E-state index in [2.05, 4.69) is 27.9 Å². The van der Waals surface area contributed by atoms with Crippen molar-refractivity contribution >= 4 is 34.5 Å². The molecule has 2 aromatic carbocycles. The maximum atomic E-state index is 12.8. The van der Waals surface area contributed by atoms with Crippen molar-refractivity contribution in [3.05, 3.63) is 69.0 Å². The predicted molar refractivity (Wildman–Crippen MR) is 88.2 cm³/mol. The highest BCUT2D eigenvalue weighted by Gasteiger charge is 2.22. The van der Waals surface area contributed by atoms with Crippen LogP contribution in [-0.2, 0) is 11.2 Å². The maximum absolute atomic E-state index is 12.8. The van der Waals surface area contributed by atoms with Gasteiger partial charge in [0.15, 0.2) is 0 Å². The summed E-state index contributed by atoms with van der Waals surface area (Å²) in [6, 6.07) is 11.3. The normalized spacial score (nSPS) is 11.7. The Bertz CT molecular complexity index is 688. The highest BCUT2D eigenvalue weighted by molar-refractivity contribution is 14.1. The molecule has 4 nitrogen and oxygen atoms in total. The van der Waals surface area contributed by atoms with Crippen molar-refractivity contribution in [1.29, 1.82) is 0 Å². The van der Waals surface area contributed by atoms with Crippen molar-refractivity contribution in [2.24, 2.45) is 0 Å². The topological polar surface area (TPSA) is 66.4 Å². The van der Waals surface area contributed by atoms with Crippen LogP contribution in [0.4, 0.5) is 4.39 Å². The van der Waals surface area contributed by atoms with Crippen molar-refractivity contribution < 1.29 is 19.1 Å². The Morgan fingerprint density at radius 1 is 1.14 bits per heavy atom. The number of carboxylic acids is 1. The molecule has 1 atom stereocenters. The zero-order valence-corrected chi connectivity index (χ0v) is 13.6. The smallest absolute Gasteiger partial charge is 0.326 e. The zero-order chi connectivity index (χ0) is 16.1. The number of aliphatic carboxylic acids is 1. The number of benzene rings is 2. The van der Waals surface area contributed by atoms with E-state index in [-0.39, 0.29) is 12.0 Å². The second-order valence-corrected chi connectivity index (χ2v) is 5.83. The molecule has 0 spiro atoms. The molecule has 2 aromatic rings. The van der Waals surface area contributed by atoms with E-state index in [4.69, 9.17) is 0 Å². The van der Waals surface area contributed by atoms with Crippen LogP contribution in [0.2, 0.25) is 0 Å². The van der Waals surface area contributed by atoms with E-state index in [0.29, 0.717) is 0 Å². The Balaban J connectivity index is 2.12. The molecule has 0 aliphatic heterocycles. The molecule has 0 bridgehead atoms. The highest BCUT2D eigenvalue weighted by atomic mass is 127. The summed E-state index contributed by atoms with van der Waals surface area (Å²) in [5.74, 6) is -2.11. The number of hydrogen-bond acceptors (Lipinski definition) is 2. The van der Waals surface area contributed by atoms with E-state index in [1.807, 2.05) is 24.3 Å². The van der Waals surface area contributed by atoms with E-state index in [1.165, 1.54) is 12.1 Å². The van der Waals surface area contributed by atoms with E-state index in [1.54, 1.807) is 0 Å². The van der Waals surface area contributed by atoms with Crippen LogP contribution in [0.5, 0.6) is 0 Å². The molecular weight excluding hydrogens is 400 g/mol. The standard InChI is InChI=1S/C16H13FINO3/c17-12-7-5-10(6-8-12)15(20)19-14(16(21)22)9-11-3-1-2-4-13(11)18/h1-8,14H,9H2,(H,19,20)(H,21,22)/t14-/m1/s1. The number of rotatable bonds is 5. The molecule has 0 heterocycles. The molecule has 0 radical (unpaired) electrons. The predicted octanol–water partition coefficient (Wildman–Crippen LogP) is 2.86. The molecule has 0 aliphatic rings. The Labute approximate surface area is 140 Å². The van der Waals surface area contributed by atoms with Crippen LogP contribution >= 0.6 is 22.6 Å². The summed E-state index contributed by atoms with van der Waals surface area (Å²) >= 11 is 2.12. The third kappa shape index (κ3) is 4.27. The van der Waals surface area contributed by atoms with Gasteiger partial charge in [0.25, 0.3) is 5.91 Å². The molecule has 22 heavy (non-hydrogen) atoms. The van der Waals surface area contributed by atoms with E-state index < -0.39 is 23.7 Å². The van der Waals surface area contributed by atoms with Crippen LogP contribution in [0.3, 0.4) is 0 Å². The third-order valence-corrected chi connectivity index (χ3v) is 4.14. The van der Waals surface area contributed by atoms with Gasteiger partial charge in [0.1, 0.15) is 11.9 Å². The number of carboxylic acid groups (broad SMARTS) is 1.